The van der Waals surface area contributed by atoms with Crippen molar-refractivity contribution >= 4 is 38.8 Å². The van der Waals surface area contributed by atoms with E-state index in [0.717, 1.165) is 68.1 Å². The van der Waals surface area contributed by atoms with Gasteiger partial charge in [-0.2, -0.15) is 0 Å². The van der Waals surface area contributed by atoms with E-state index in [1.807, 2.05) is 18.2 Å². The van der Waals surface area contributed by atoms with Crippen LogP contribution in [0.2, 0.25) is 5.02 Å². The lowest BCUT2D eigenvalue weighted by Crippen LogP contribution is -2.48. The van der Waals surface area contributed by atoms with Gasteiger partial charge >= 0.3 is 0 Å². The Hall–Kier alpha value is -2.44. The lowest BCUT2D eigenvalue weighted by molar-refractivity contribution is 0.0982. The quantitative estimate of drug-likeness (QED) is 0.324. The van der Waals surface area contributed by atoms with Crippen LogP contribution in [-0.2, 0) is 21.5 Å². The summed E-state index contributed by atoms with van der Waals surface area (Å²) in [5.74, 6) is 5.86. The molecular formula is C31H37ClN2O3S. The maximum atomic E-state index is 13.2. The van der Waals surface area contributed by atoms with Crippen LogP contribution in [0.1, 0.15) is 66.4 Å². The van der Waals surface area contributed by atoms with Crippen molar-refractivity contribution in [2.24, 2.45) is 11.8 Å². The molecule has 2 aromatic rings. The van der Waals surface area contributed by atoms with Crippen molar-refractivity contribution in [3.05, 3.63) is 70.3 Å². The highest BCUT2D eigenvalue weighted by molar-refractivity contribution is 7.99. The third-order valence-electron chi connectivity index (χ3n) is 8.99. The van der Waals surface area contributed by atoms with E-state index in [1.165, 1.54) is 24.0 Å². The number of hydrogen-bond acceptors (Lipinski definition) is 4. The number of carbonyl (C=O) groups is 1. The van der Waals surface area contributed by atoms with Gasteiger partial charge < -0.3 is 9.64 Å². The van der Waals surface area contributed by atoms with Gasteiger partial charge in [0.15, 0.2) is 0 Å². The highest BCUT2D eigenvalue weighted by atomic mass is 35.5. The van der Waals surface area contributed by atoms with Gasteiger partial charge in [-0.05, 0) is 111 Å². The zero-order valence-electron chi connectivity index (χ0n) is 21.9. The average Bonchev–Trinajstić information content (AvgIpc) is 3.02. The van der Waals surface area contributed by atoms with E-state index in [0.29, 0.717) is 29.8 Å². The number of carbonyl (C=O) groups excluding carboxylic acids is 1. The largest absolute Gasteiger partial charge is 0.490 e. The Morgan fingerprint density at radius 2 is 2.03 bits per heavy atom. The Kier molecular flexibility index (Phi) is 6.98. The van der Waals surface area contributed by atoms with E-state index in [4.69, 9.17) is 16.3 Å². The molecule has 1 unspecified atom stereocenters. The lowest BCUT2D eigenvalue weighted by atomic mass is 9.69. The summed E-state index contributed by atoms with van der Waals surface area (Å²) in [7, 11) is -2.70. The first-order valence-electron chi connectivity index (χ1n) is 14.0. The molecule has 1 N–H and O–H groups in total. The molecule has 1 spiro atoms. The van der Waals surface area contributed by atoms with E-state index >= 15 is 0 Å². The monoisotopic (exact) mass is 552 g/mol. The second-order valence-electron chi connectivity index (χ2n) is 11.7. The van der Waals surface area contributed by atoms with Crippen LogP contribution in [0.5, 0.6) is 5.75 Å². The Bertz CT molecular complexity index is 1370. The summed E-state index contributed by atoms with van der Waals surface area (Å²) in [5.41, 5.74) is 3.97. The SMILES string of the molecule is C=S1(=O)CCCC/C=C/[C@@H]2CC[C@H]2CN2C[C@@]3(CCCc4cc(Cl)ccc43)COc3ccc(cc32)C(=O)N1. The summed E-state index contributed by atoms with van der Waals surface area (Å²) in [6, 6.07) is 12.0. The number of aryl methyl sites for hydroxylation is 1. The van der Waals surface area contributed by atoms with Crippen LogP contribution in [-0.4, -0.2) is 41.4 Å². The van der Waals surface area contributed by atoms with Crippen LogP contribution in [0.3, 0.4) is 0 Å². The molecule has 4 atom stereocenters. The molecule has 1 amide bonds. The summed E-state index contributed by atoms with van der Waals surface area (Å²) >= 11 is 6.39. The summed E-state index contributed by atoms with van der Waals surface area (Å²) in [6.07, 6.45) is 13.0. The molecule has 2 aromatic carbocycles. The zero-order valence-corrected chi connectivity index (χ0v) is 23.5. The molecule has 2 aliphatic heterocycles. The van der Waals surface area contributed by atoms with Gasteiger partial charge in [-0.1, -0.05) is 29.8 Å². The van der Waals surface area contributed by atoms with Crippen LogP contribution in [0.15, 0.2) is 48.6 Å². The van der Waals surface area contributed by atoms with Crippen molar-refractivity contribution in [3.8, 4) is 5.75 Å². The fraction of sp³-hybridized carbons (Fsp3) is 0.484. The minimum absolute atomic E-state index is 0.142. The topological polar surface area (TPSA) is 58.6 Å². The van der Waals surface area contributed by atoms with Gasteiger partial charge in [-0.3, -0.25) is 9.52 Å². The van der Waals surface area contributed by atoms with Crippen molar-refractivity contribution in [2.75, 3.05) is 30.3 Å². The first kappa shape index (κ1) is 25.8. The van der Waals surface area contributed by atoms with Gasteiger partial charge in [0.05, 0.1) is 12.3 Å². The number of fused-ring (bicyclic) bond motifs is 4. The van der Waals surface area contributed by atoms with Gasteiger partial charge in [-0.15, -0.1) is 0 Å². The van der Waals surface area contributed by atoms with Gasteiger partial charge in [0.25, 0.3) is 5.91 Å². The number of hydrogen-bond donors (Lipinski definition) is 1. The van der Waals surface area contributed by atoms with Gasteiger partial charge in [0.1, 0.15) is 5.75 Å². The number of rotatable bonds is 0. The van der Waals surface area contributed by atoms with Crippen molar-refractivity contribution in [1.82, 2.24) is 4.72 Å². The molecule has 7 heteroatoms. The maximum Gasteiger partial charge on any atom is 0.262 e. The van der Waals surface area contributed by atoms with Crippen molar-refractivity contribution in [2.45, 2.75) is 56.8 Å². The third kappa shape index (κ3) is 5.10. The summed E-state index contributed by atoms with van der Waals surface area (Å²) in [6.45, 7) is 2.35. The lowest BCUT2D eigenvalue weighted by Gasteiger charge is -2.44. The van der Waals surface area contributed by atoms with Crippen molar-refractivity contribution in [3.63, 3.8) is 0 Å². The molecule has 6 rings (SSSR count). The Balaban J connectivity index is 1.41. The van der Waals surface area contributed by atoms with Crippen molar-refractivity contribution < 1.29 is 13.7 Å². The molecule has 4 aliphatic rings. The average molecular weight is 553 g/mol. The first-order chi connectivity index (χ1) is 18.3. The molecule has 0 saturated heterocycles. The first-order valence-corrected chi connectivity index (χ1v) is 16.2. The van der Waals surface area contributed by atoms with Crippen molar-refractivity contribution in [1.29, 1.82) is 0 Å². The fourth-order valence-corrected chi connectivity index (χ4v) is 8.18. The molecule has 38 heavy (non-hydrogen) atoms. The number of halogens is 1. The molecule has 0 aromatic heterocycles. The minimum Gasteiger partial charge on any atom is -0.490 e. The van der Waals surface area contributed by atoms with Crippen LogP contribution in [0.25, 0.3) is 0 Å². The van der Waals surface area contributed by atoms with Gasteiger partial charge in [0.2, 0.25) is 0 Å². The minimum atomic E-state index is -2.70. The highest BCUT2D eigenvalue weighted by Gasteiger charge is 2.43. The molecule has 2 heterocycles. The number of anilines is 1. The molecular weight excluding hydrogens is 516 g/mol. The molecule has 202 valence electrons. The van der Waals surface area contributed by atoms with E-state index < -0.39 is 9.71 Å². The molecule has 1 saturated carbocycles. The van der Waals surface area contributed by atoms with Gasteiger partial charge in [-0.25, -0.2) is 4.21 Å². The summed E-state index contributed by atoms with van der Waals surface area (Å²) < 4.78 is 22.3. The van der Waals surface area contributed by atoms with E-state index in [1.54, 1.807) is 6.07 Å². The van der Waals surface area contributed by atoms with Crippen LogP contribution in [0.4, 0.5) is 5.69 Å². The number of nitrogens with zero attached hydrogens (tertiary/aromatic N) is 1. The molecule has 5 nitrogen and oxygen atoms in total. The van der Waals surface area contributed by atoms with E-state index in [2.05, 4.69) is 39.8 Å². The number of benzene rings is 2. The maximum absolute atomic E-state index is 13.2. The zero-order chi connectivity index (χ0) is 26.3. The third-order valence-corrected chi connectivity index (χ3v) is 10.7. The number of nitrogens with one attached hydrogen (secondary N) is 1. The second kappa shape index (κ2) is 10.3. The summed E-state index contributed by atoms with van der Waals surface area (Å²) in [4.78, 5) is 15.7. The van der Waals surface area contributed by atoms with Gasteiger partial charge in [0, 0.05) is 44.6 Å². The molecule has 1 fully saturated rings. The van der Waals surface area contributed by atoms with E-state index in [9.17, 15) is 9.00 Å². The molecule has 2 bridgehead atoms. The standard InChI is InChI=1S/C31H37ClN2O3S/c1-38(36)16-5-3-2-4-7-22-9-10-25(22)19-34-20-31(15-6-8-23-17-26(32)12-13-27(23)31)21-37-29-14-11-24(18-28(29)34)30(35)33-38/h4,7,11-14,17-18,22,25H,1-3,5-6,8-10,15-16,19-21H2,(H,33,35,36)/b7-4+/t22-,25+,31+,38?/m1/s1. The number of allylic oxidation sites excluding steroid dienone is 2. The number of amides is 1. The fourth-order valence-electron chi connectivity index (χ4n) is 6.76. The Labute approximate surface area is 231 Å². The second-order valence-corrected chi connectivity index (χ2v) is 14.3. The van der Waals surface area contributed by atoms with Crippen LogP contribution >= 0.6 is 11.6 Å². The predicted molar refractivity (Wildman–Crippen MR) is 157 cm³/mol. The van der Waals surface area contributed by atoms with E-state index in [-0.39, 0.29) is 11.3 Å². The molecule has 2 aliphatic carbocycles. The highest BCUT2D eigenvalue weighted by Crippen LogP contribution is 2.46. The Morgan fingerprint density at radius 3 is 2.87 bits per heavy atom. The number of ether oxygens (including phenoxy) is 1. The van der Waals surface area contributed by atoms with Crippen LogP contribution in [0, 0.1) is 11.8 Å². The Morgan fingerprint density at radius 1 is 1.13 bits per heavy atom. The summed E-state index contributed by atoms with van der Waals surface area (Å²) in [5, 5.41) is 0.783. The smallest absolute Gasteiger partial charge is 0.262 e. The molecule has 0 radical (unpaired) electrons. The predicted octanol–water partition coefficient (Wildman–Crippen LogP) is 5.94. The normalized spacial score (nSPS) is 32.1. The van der Waals surface area contributed by atoms with Crippen LogP contribution < -0.4 is 14.4 Å².